The summed E-state index contributed by atoms with van der Waals surface area (Å²) in [5.41, 5.74) is 6.26. The van der Waals surface area contributed by atoms with Gasteiger partial charge in [-0.3, -0.25) is 0 Å². The van der Waals surface area contributed by atoms with Crippen LogP contribution >= 0.6 is 0 Å². The van der Waals surface area contributed by atoms with Crippen LogP contribution in [0.2, 0.25) is 13.1 Å². The van der Waals surface area contributed by atoms with Crippen LogP contribution < -0.4 is 5.19 Å². The molecule has 0 heterocycles. The molecule has 0 unspecified atom stereocenters. The Hall–Kier alpha value is -1.86. The van der Waals surface area contributed by atoms with E-state index in [0.717, 1.165) is 12.8 Å². The second-order valence-corrected chi connectivity index (χ2v) is 11.5. The molecule has 0 amide bonds. The molecule has 0 saturated heterocycles. The van der Waals surface area contributed by atoms with E-state index < -0.39 is 8.07 Å². The lowest BCUT2D eigenvalue weighted by Crippen LogP contribution is -2.45. The smallest absolute Gasteiger partial charge is 0.119 e. The molecular weight excluding hydrogens is 320 g/mol. The highest BCUT2D eigenvalue weighted by atomic mass is 28.3. The Morgan fingerprint density at radius 3 is 2.16 bits per heavy atom. The summed E-state index contributed by atoms with van der Waals surface area (Å²) in [6.07, 6.45) is 2.26. The summed E-state index contributed by atoms with van der Waals surface area (Å²) >= 11 is 0. The molecule has 132 valence electrons. The van der Waals surface area contributed by atoms with Gasteiger partial charge in [-0.25, -0.2) is 0 Å². The Balaban J connectivity index is 2.23. The molecule has 1 nitrogen and oxygen atoms in total. The zero-order valence-corrected chi connectivity index (χ0v) is 17.0. The van der Waals surface area contributed by atoms with E-state index >= 15 is 0 Å². The molecule has 0 aliphatic carbocycles. The molecular formula is C23H30OSi. The average molecular weight is 351 g/mol. The van der Waals surface area contributed by atoms with Crippen LogP contribution in [-0.2, 0) is 11.3 Å². The van der Waals surface area contributed by atoms with E-state index in [-0.39, 0.29) is 0 Å². The second-order valence-electron chi connectivity index (χ2n) is 7.10. The van der Waals surface area contributed by atoms with E-state index in [9.17, 15) is 0 Å². The SMILES string of the molecule is CCCC(C)=C=C(COCc1ccccc1)[Si](C)(C)c1ccccc1. The van der Waals surface area contributed by atoms with Crippen molar-refractivity contribution >= 4 is 13.3 Å². The van der Waals surface area contributed by atoms with E-state index in [2.05, 4.69) is 87.3 Å². The molecule has 0 N–H and O–H groups in total. The zero-order valence-electron chi connectivity index (χ0n) is 16.0. The summed E-state index contributed by atoms with van der Waals surface area (Å²) in [5, 5.41) is 2.78. The van der Waals surface area contributed by atoms with Crippen molar-refractivity contribution in [2.75, 3.05) is 6.61 Å². The fraction of sp³-hybridized carbons (Fsp3) is 0.348. The normalized spacial score (nSPS) is 11.0. The van der Waals surface area contributed by atoms with Crippen LogP contribution in [0.3, 0.4) is 0 Å². The van der Waals surface area contributed by atoms with Gasteiger partial charge < -0.3 is 4.74 Å². The third-order valence-corrected chi connectivity index (χ3v) is 8.15. The van der Waals surface area contributed by atoms with Gasteiger partial charge in [-0.05, 0) is 29.7 Å². The summed E-state index contributed by atoms with van der Waals surface area (Å²) in [6, 6.07) is 21.2. The summed E-state index contributed by atoms with van der Waals surface area (Å²) in [4.78, 5) is 0. The van der Waals surface area contributed by atoms with E-state index in [0.29, 0.717) is 13.2 Å². The van der Waals surface area contributed by atoms with Crippen LogP contribution in [0.1, 0.15) is 32.3 Å². The van der Waals surface area contributed by atoms with Gasteiger partial charge in [-0.1, -0.05) is 92.3 Å². The van der Waals surface area contributed by atoms with Gasteiger partial charge in [0.1, 0.15) is 8.07 Å². The molecule has 0 aliphatic rings. The molecule has 2 rings (SSSR count). The van der Waals surface area contributed by atoms with Gasteiger partial charge in [0.25, 0.3) is 0 Å². The van der Waals surface area contributed by atoms with Crippen LogP contribution in [0.4, 0.5) is 0 Å². The Morgan fingerprint density at radius 2 is 1.56 bits per heavy atom. The molecule has 0 saturated carbocycles. The molecule has 0 fully saturated rings. The molecule has 2 heteroatoms. The molecule has 0 aliphatic heterocycles. The van der Waals surface area contributed by atoms with Gasteiger partial charge in [-0.2, -0.15) is 0 Å². The average Bonchev–Trinajstić information content (AvgIpc) is 2.62. The van der Waals surface area contributed by atoms with Gasteiger partial charge in [-0.15, -0.1) is 5.73 Å². The van der Waals surface area contributed by atoms with E-state index in [1.807, 2.05) is 6.07 Å². The highest BCUT2D eigenvalue weighted by Crippen LogP contribution is 2.17. The quantitative estimate of drug-likeness (QED) is 0.443. The van der Waals surface area contributed by atoms with Crippen LogP contribution in [0.25, 0.3) is 0 Å². The first-order valence-electron chi connectivity index (χ1n) is 9.17. The van der Waals surface area contributed by atoms with Crippen molar-refractivity contribution in [3.05, 3.63) is 82.7 Å². The van der Waals surface area contributed by atoms with Crippen LogP contribution in [0, 0.1) is 0 Å². The number of hydrogen-bond acceptors (Lipinski definition) is 1. The van der Waals surface area contributed by atoms with Gasteiger partial charge in [0.05, 0.1) is 13.2 Å². The Kier molecular flexibility index (Phi) is 7.45. The van der Waals surface area contributed by atoms with Crippen molar-refractivity contribution in [2.24, 2.45) is 0 Å². The molecule has 0 spiro atoms. The minimum atomic E-state index is -1.78. The third-order valence-electron chi connectivity index (χ3n) is 4.60. The molecule has 0 atom stereocenters. The largest absolute Gasteiger partial charge is 0.372 e. The maximum atomic E-state index is 6.09. The van der Waals surface area contributed by atoms with Gasteiger partial charge in [0.2, 0.25) is 0 Å². The number of rotatable bonds is 8. The maximum Gasteiger partial charge on any atom is 0.119 e. The van der Waals surface area contributed by atoms with Crippen LogP contribution in [-0.4, -0.2) is 14.7 Å². The van der Waals surface area contributed by atoms with Crippen molar-refractivity contribution < 1.29 is 4.74 Å². The highest BCUT2D eigenvalue weighted by Gasteiger charge is 2.28. The lowest BCUT2D eigenvalue weighted by atomic mass is 10.2. The minimum absolute atomic E-state index is 0.651. The zero-order chi connectivity index (χ0) is 18.1. The van der Waals surface area contributed by atoms with Crippen molar-refractivity contribution in [3.63, 3.8) is 0 Å². The molecule has 25 heavy (non-hydrogen) atoms. The monoisotopic (exact) mass is 350 g/mol. The first kappa shape index (κ1) is 19.5. The van der Waals surface area contributed by atoms with Gasteiger partial charge in [0, 0.05) is 0 Å². The molecule has 2 aromatic rings. The number of ether oxygens (including phenoxy) is 1. The molecule has 2 aromatic carbocycles. The van der Waals surface area contributed by atoms with Crippen LogP contribution in [0.5, 0.6) is 0 Å². The lowest BCUT2D eigenvalue weighted by molar-refractivity contribution is 0.146. The molecule has 0 aromatic heterocycles. The van der Waals surface area contributed by atoms with Crippen molar-refractivity contribution in [2.45, 2.75) is 46.4 Å². The third kappa shape index (κ3) is 5.86. The topological polar surface area (TPSA) is 9.23 Å². The summed E-state index contributed by atoms with van der Waals surface area (Å²) in [6.45, 7) is 10.5. The first-order valence-corrected chi connectivity index (χ1v) is 12.2. The van der Waals surface area contributed by atoms with E-state index in [1.54, 1.807) is 0 Å². The summed E-state index contributed by atoms with van der Waals surface area (Å²) in [7, 11) is -1.78. The second kappa shape index (κ2) is 9.58. The van der Waals surface area contributed by atoms with Gasteiger partial charge in [0.15, 0.2) is 0 Å². The van der Waals surface area contributed by atoms with Crippen molar-refractivity contribution in [3.8, 4) is 0 Å². The number of benzene rings is 2. The van der Waals surface area contributed by atoms with E-state index in [1.165, 1.54) is 21.5 Å². The minimum Gasteiger partial charge on any atom is -0.372 e. The van der Waals surface area contributed by atoms with Crippen LogP contribution in [0.15, 0.2) is 77.2 Å². The summed E-state index contributed by atoms with van der Waals surface area (Å²) in [5.74, 6) is 0. The Labute approximate surface area is 154 Å². The van der Waals surface area contributed by atoms with E-state index in [4.69, 9.17) is 4.74 Å². The molecule has 0 radical (unpaired) electrons. The first-order chi connectivity index (χ1) is 12.0. The lowest BCUT2D eigenvalue weighted by Gasteiger charge is -2.25. The predicted molar refractivity (Wildman–Crippen MR) is 111 cm³/mol. The van der Waals surface area contributed by atoms with Crippen molar-refractivity contribution in [1.82, 2.24) is 0 Å². The van der Waals surface area contributed by atoms with Gasteiger partial charge >= 0.3 is 0 Å². The fourth-order valence-corrected chi connectivity index (χ4v) is 5.31. The molecule has 0 bridgehead atoms. The maximum absolute atomic E-state index is 6.09. The highest BCUT2D eigenvalue weighted by molar-refractivity contribution is 6.95. The number of hydrogen-bond donors (Lipinski definition) is 0. The van der Waals surface area contributed by atoms with Crippen molar-refractivity contribution in [1.29, 1.82) is 0 Å². The Morgan fingerprint density at radius 1 is 0.960 bits per heavy atom. The Bertz CT molecular complexity index is 710. The summed E-state index contributed by atoms with van der Waals surface area (Å²) < 4.78 is 6.09. The fourth-order valence-electron chi connectivity index (χ4n) is 2.94. The predicted octanol–water partition coefficient (Wildman–Crippen LogP) is 5.63. The standard InChI is InChI=1S/C23H30OSi/c1-5-12-20(2)17-23(19-24-18-21-13-8-6-9-14-21)25(3,4)22-15-10-7-11-16-22/h6-11,13-16H,5,12,18-19H2,1-4H3.